The molecule has 0 aliphatic carbocycles. The van der Waals surface area contributed by atoms with Crippen molar-refractivity contribution in [2.45, 2.75) is 44.6 Å². The van der Waals surface area contributed by atoms with Crippen LogP contribution in [-0.2, 0) is 14.3 Å². The summed E-state index contributed by atoms with van der Waals surface area (Å²) in [5, 5.41) is 0. The number of carbonyl (C=O) groups excluding carboxylic acids is 2. The van der Waals surface area contributed by atoms with E-state index in [1.165, 1.54) is 43.7 Å². The minimum Gasteiger partial charge on any atom is -0.456 e. The molecule has 2 fully saturated rings. The van der Waals surface area contributed by atoms with Crippen LogP contribution >= 0.6 is 0 Å². The molecular formula is C18H33N3O3. The van der Waals surface area contributed by atoms with Crippen molar-refractivity contribution in [2.75, 3.05) is 53.9 Å². The zero-order valence-electron chi connectivity index (χ0n) is 15.5. The van der Waals surface area contributed by atoms with E-state index in [4.69, 9.17) is 4.74 Å². The molecule has 0 unspecified atom stereocenters. The third kappa shape index (κ3) is 6.06. The first-order chi connectivity index (χ1) is 11.5. The smallest absolute Gasteiger partial charge is 0.306 e. The van der Waals surface area contributed by atoms with Gasteiger partial charge in [-0.1, -0.05) is 0 Å². The van der Waals surface area contributed by atoms with Gasteiger partial charge in [-0.05, 0) is 71.2 Å². The summed E-state index contributed by atoms with van der Waals surface area (Å²) in [7, 11) is 5.52. The van der Waals surface area contributed by atoms with Crippen LogP contribution in [0.25, 0.3) is 0 Å². The maximum atomic E-state index is 11.7. The molecule has 0 aromatic carbocycles. The van der Waals surface area contributed by atoms with Crippen LogP contribution in [0.3, 0.4) is 0 Å². The Balaban J connectivity index is 1.59. The van der Waals surface area contributed by atoms with Gasteiger partial charge in [0.2, 0.25) is 0 Å². The molecule has 6 nitrogen and oxygen atoms in total. The molecule has 0 spiro atoms. The predicted molar refractivity (Wildman–Crippen MR) is 93.7 cm³/mol. The number of esters is 1. The highest BCUT2D eigenvalue weighted by atomic mass is 16.5. The molecule has 1 amide bonds. The molecule has 0 saturated carbocycles. The van der Waals surface area contributed by atoms with Crippen LogP contribution in [0.4, 0.5) is 0 Å². The van der Waals surface area contributed by atoms with Gasteiger partial charge in [0, 0.05) is 26.6 Å². The van der Waals surface area contributed by atoms with Gasteiger partial charge in [0.1, 0.15) is 0 Å². The molecule has 6 heteroatoms. The molecular weight excluding hydrogens is 306 g/mol. The Kier molecular flexibility index (Phi) is 7.49. The average molecular weight is 339 g/mol. The zero-order valence-corrected chi connectivity index (χ0v) is 15.5. The van der Waals surface area contributed by atoms with Gasteiger partial charge in [-0.3, -0.25) is 9.59 Å². The normalized spacial score (nSPS) is 21.6. The lowest BCUT2D eigenvalue weighted by atomic mass is 9.90. The number of likely N-dealkylation sites (tertiary alicyclic amines) is 2. The van der Waals surface area contributed by atoms with Crippen molar-refractivity contribution in [3.05, 3.63) is 0 Å². The van der Waals surface area contributed by atoms with Crippen molar-refractivity contribution in [2.24, 2.45) is 5.92 Å². The second kappa shape index (κ2) is 9.37. The first-order valence-corrected chi connectivity index (χ1v) is 9.24. The summed E-state index contributed by atoms with van der Waals surface area (Å²) in [6.07, 6.45) is 6.24. The van der Waals surface area contributed by atoms with Gasteiger partial charge < -0.3 is 19.4 Å². The molecule has 0 radical (unpaired) electrons. The third-order valence-electron chi connectivity index (χ3n) is 5.47. The van der Waals surface area contributed by atoms with E-state index < -0.39 is 0 Å². The first-order valence-electron chi connectivity index (χ1n) is 9.24. The summed E-state index contributed by atoms with van der Waals surface area (Å²) in [5.41, 5.74) is 0. The van der Waals surface area contributed by atoms with Crippen LogP contribution in [-0.4, -0.2) is 86.5 Å². The lowest BCUT2D eigenvalue weighted by Crippen LogP contribution is -2.46. The van der Waals surface area contributed by atoms with Gasteiger partial charge in [0.05, 0.1) is 0 Å². The Morgan fingerprint density at radius 1 is 1.04 bits per heavy atom. The monoisotopic (exact) mass is 339 g/mol. The summed E-state index contributed by atoms with van der Waals surface area (Å²) in [6, 6.07) is 0.754. The second-order valence-corrected chi connectivity index (χ2v) is 7.50. The van der Waals surface area contributed by atoms with E-state index in [2.05, 4.69) is 16.8 Å². The number of amides is 1. The van der Waals surface area contributed by atoms with Crippen molar-refractivity contribution in [1.82, 2.24) is 14.7 Å². The van der Waals surface area contributed by atoms with E-state index in [0.717, 1.165) is 25.6 Å². The van der Waals surface area contributed by atoms with E-state index in [-0.39, 0.29) is 18.5 Å². The summed E-state index contributed by atoms with van der Waals surface area (Å²) in [4.78, 5) is 29.6. The fourth-order valence-corrected chi connectivity index (χ4v) is 3.63. The zero-order chi connectivity index (χ0) is 17.5. The molecule has 0 N–H and O–H groups in total. The van der Waals surface area contributed by atoms with Crippen LogP contribution in [0.1, 0.15) is 38.5 Å². The molecule has 138 valence electrons. The molecule has 2 rings (SSSR count). The van der Waals surface area contributed by atoms with E-state index in [1.54, 1.807) is 14.1 Å². The largest absolute Gasteiger partial charge is 0.456 e. The van der Waals surface area contributed by atoms with Gasteiger partial charge in [-0.25, -0.2) is 0 Å². The number of ether oxygens (including phenoxy) is 1. The fourth-order valence-electron chi connectivity index (χ4n) is 3.63. The Morgan fingerprint density at radius 3 is 2.25 bits per heavy atom. The number of carbonyl (C=O) groups is 2. The Morgan fingerprint density at radius 2 is 1.67 bits per heavy atom. The maximum absolute atomic E-state index is 11.7. The quantitative estimate of drug-likeness (QED) is 0.681. The maximum Gasteiger partial charge on any atom is 0.306 e. The molecule has 0 aromatic heterocycles. The van der Waals surface area contributed by atoms with Crippen molar-refractivity contribution >= 4 is 11.9 Å². The Hall–Kier alpha value is -1.14. The highest BCUT2D eigenvalue weighted by Gasteiger charge is 2.27. The second-order valence-electron chi connectivity index (χ2n) is 7.50. The summed E-state index contributed by atoms with van der Waals surface area (Å²) < 4.78 is 5.04. The summed E-state index contributed by atoms with van der Waals surface area (Å²) in [6.45, 7) is 4.60. The van der Waals surface area contributed by atoms with Gasteiger partial charge in [-0.15, -0.1) is 0 Å². The number of rotatable bonds is 6. The van der Waals surface area contributed by atoms with Crippen LogP contribution in [0.2, 0.25) is 0 Å². The molecule has 0 atom stereocenters. The molecule has 24 heavy (non-hydrogen) atoms. The first kappa shape index (κ1) is 19.2. The van der Waals surface area contributed by atoms with Crippen LogP contribution in [0.5, 0.6) is 0 Å². The molecule has 2 aliphatic rings. The summed E-state index contributed by atoms with van der Waals surface area (Å²) in [5.74, 6) is 0.197. The minimum absolute atomic E-state index is 0.138. The van der Waals surface area contributed by atoms with Gasteiger partial charge in [-0.2, -0.15) is 0 Å². The Bertz CT molecular complexity index is 412. The number of likely N-dealkylation sites (N-methyl/N-ethyl adjacent to an activating group) is 1. The molecule has 0 bridgehead atoms. The van der Waals surface area contributed by atoms with Crippen molar-refractivity contribution in [3.63, 3.8) is 0 Å². The van der Waals surface area contributed by atoms with Crippen LogP contribution < -0.4 is 0 Å². The number of hydrogen-bond donors (Lipinski definition) is 0. The topological polar surface area (TPSA) is 53.1 Å². The fraction of sp³-hybridized carbons (Fsp3) is 0.889. The van der Waals surface area contributed by atoms with Crippen LogP contribution in [0.15, 0.2) is 0 Å². The van der Waals surface area contributed by atoms with Crippen molar-refractivity contribution < 1.29 is 14.3 Å². The SMILES string of the molecule is CN1CCC(N2CCC(CCC(=O)OCC(=O)N(C)C)CC2)CC1. The molecule has 2 aliphatic heterocycles. The van der Waals surface area contributed by atoms with E-state index >= 15 is 0 Å². The van der Waals surface area contributed by atoms with Gasteiger partial charge in [0.25, 0.3) is 5.91 Å². The lowest BCUT2D eigenvalue weighted by Gasteiger charge is -2.41. The van der Waals surface area contributed by atoms with Crippen molar-refractivity contribution in [1.29, 1.82) is 0 Å². The average Bonchev–Trinajstić information content (AvgIpc) is 2.59. The predicted octanol–water partition coefficient (Wildman–Crippen LogP) is 1.20. The highest BCUT2D eigenvalue weighted by molar-refractivity contribution is 5.80. The van der Waals surface area contributed by atoms with Gasteiger partial charge in [0.15, 0.2) is 6.61 Å². The van der Waals surface area contributed by atoms with E-state index in [1.807, 2.05) is 0 Å². The van der Waals surface area contributed by atoms with E-state index in [0.29, 0.717) is 12.3 Å². The van der Waals surface area contributed by atoms with E-state index in [9.17, 15) is 9.59 Å². The lowest BCUT2D eigenvalue weighted by molar-refractivity contribution is -0.151. The van der Waals surface area contributed by atoms with Gasteiger partial charge >= 0.3 is 5.97 Å². The van der Waals surface area contributed by atoms with Crippen LogP contribution in [0, 0.1) is 5.92 Å². The standard InChI is InChI=1S/C18H33N3O3/c1-19(2)17(22)14-24-18(23)5-4-15-6-12-21(13-7-15)16-8-10-20(3)11-9-16/h15-16H,4-14H2,1-3H3. The number of nitrogens with zero attached hydrogens (tertiary/aromatic N) is 3. The minimum atomic E-state index is -0.247. The number of hydrogen-bond acceptors (Lipinski definition) is 5. The molecule has 0 aromatic rings. The Labute approximate surface area is 146 Å². The molecule has 2 heterocycles. The third-order valence-corrected chi connectivity index (χ3v) is 5.47. The van der Waals surface area contributed by atoms with Crippen molar-refractivity contribution in [3.8, 4) is 0 Å². The summed E-state index contributed by atoms with van der Waals surface area (Å²) >= 11 is 0. The number of piperidine rings is 2. The molecule has 2 saturated heterocycles. The highest BCUT2D eigenvalue weighted by Crippen LogP contribution is 2.26.